The SMILES string of the molecule is CCCN1C(=O)/C(=C/c2ccc(O[C@H](C)C(=O)O)c(OC)c2)SC1=Nc1ccccc1. The van der Waals surface area contributed by atoms with Crippen molar-refractivity contribution in [2.75, 3.05) is 13.7 Å². The van der Waals surface area contributed by atoms with Gasteiger partial charge in [0, 0.05) is 6.54 Å². The minimum absolute atomic E-state index is 0.0969. The Hall–Kier alpha value is -3.26. The molecule has 7 nitrogen and oxygen atoms in total. The van der Waals surface area contributed by atoms with Crippen molar-refractivity contribution in [2.45, 2.75) is 26.4 Å². The number of carboxylic acid groups (broad SMARTS) is 1. The van der Waals surface area contributed by atoms with Crippen LogP contribution < -0.4 is 9.47 Å². The predicted octanol–water partition coefficient (Wildman–Crippen LogP) is 4.56. The molecule has 3 rings (SSSR count). The summed E-state index contributed by atoms with van der Waals surface area (Å²) < 4.78 is 10.8. The first-order chi connectivity index (χ1) is 14.9. The topological polar surface area (TPSA) is 88.4 Å². The van der Waals surface area contributed by atoms with E-state index in [0.29, 0.717) is 28.1 Å². The molecule has 0 unspecified atom stereocenters. The molecular weight excluding hydrogens is 416 g/mol. The fourth-order valence-corrected chi connectivity index (χ4v) is 3.91. The van der Waals surface area contributed by atoms with Gasteiger partial charge in [0.25, 0.3) is 5.91 Å². The average Bonchev–Trinajstić information content (AvgIpc) is 3.04. The maximum absolute atomic E-state index is 13.0. The van der Waals surface area contributed by atoms with Gasteiger partial charge in [-0.15, -0.1) is 0 Å². The summed E-state index contributed by atoms with van der Waals surface area (Å²) in [5, 5.41) is 9.69. The van der Waals surface area contributed by atoms with Crippen LogP contribution in [-0.4, -0.2) is 46.8 Å². The second-order valence-corrected chi connectivity index (χ2v) is 7.82. The Balaban J connectivity index is 1.89. The first-order valence-electron chi connectivity index (χ1n) is 9.85. The molecule has 162 valence electrons. The number of methoxy groups -OCH3 is 1. The number of rotatable bonds is 8. The van der Waals surface area contributed by atoms with Crippen LogP contribution in [0, 0.1) is 0 Å². The maximum atomic E-state index is 13.0. The third-order valence-corrected chi connectivity index (χ3v) is 5.46. The van der Waals surface area contributed by atoms with E-state index in [1.165, 1.54) is 25.8 Å². The summed E-state index contributed by atoms with van der Waals surface area (Å²) in [7, 11) is 1.48. The van der Waals surface area contributed by atoms with E-state index >= 15 is 0 Å². The maximum Gasteiger partial charge on any atom is 0.344 e. The third kappa shape index (κ3) is 5.46. The van der Waals surface area contributed by atoms with Crippen LogP contribution in [-0.2, 0) is 9.59 Å². The smallest absolute Gasteiger partial charge is 0.344 e. The van der Waals surface area contributed by atoms with Crippen molar-refractivity contribution in [2.24, 2.45) is 4.99 Å². The number of hydrogen-bond donors (Lipinski definition) is 1. The Morgan fingerprint density at radius 3 is 2.61 bits per heavy atom. The van der Waals surface area contributed by atoms with Crippen LogP contribution >= 0.6 is 11.8 Å². The van der Waals surface area contributed by atoms with Crippen molar-refractivity contribution >= 4 is 40.6 Å². The second kappa shape index (κ2) is 10.2. The van der Waals surface area contributed by atoms with E-state index in [9.17, 15) is 9.59 Å². The Morgan fingerprint density at radius 2 is 1.97 bits per heavy atom. The van der Waals surface area contributed by atoms with E-state index in [0.717, 1.165) is 17.7 Å². The zero-order chi connectivity index (χ0) is 22.4. The summed E-state index contributed by atoms with van der Waals surface area (Å²) in [6.45, 7) is 4.04. The standard InChI is InChI=1S/C23H24N2O5S/c1-4-12-25-21(26)20(31-23(25)24-17-8-6-5-7-9-17)14-16-10-11-18(19(13-16)29-3)30-15(2)22(27)28/h5-11,13-15H,4,12H2,1-3H3,(H,27,28)/b20-14-,24-23?/t15-/m1/s1. The van der Waals surface area contributed by atoms with Crippen LogP contribution in [0.1, 0.15) is 25.8 Å². The van der Waals surface area contributed by atoms with Gasteiger partial charge in [-0.2, -0.15) is 0 Å². The van der Waals surface area contributed by atoms with E-state index < -0.39 is 12.1 Å². The zero-order valence-corrected chi connectivity index (χ0v) is 18.4. The van der Waals surface area contributed by atoms with E-state index in [1.807, 2.05) is 37.3 Å². The number of carboxylic acids is 1. The molecule has 1 heterocycles. The lowest BCUT2D eigenvalue weighted by atomic mass is 10.1. The van der Waals surface area contributed by atoms with Gasteiger partial charge in [-0.3, -0.25) is 9.69 Å². The number of hydrogen-bond acceptors (Lipinski definition) is 6. The molecular formula is C23H24N2O5S. The molecule has 2 aromatic rings. The molecule has 0 aromatic heterocycles. The van der Waals surface area contributed by atoms with Gasteiger partial charge in [0.1, 0.15) is 0 Å². The highest BCUT2D eigenvalue weighted by molar-refractivity contribution is 8.18. The fourth-order valence-electron chi connectivity index (χ4n) is 2.89. The number of para-hydroxylation sites is 1. The number of ether oxygens (including phenoxy) is 2. The third-order valence-electron chi connectivity index (χ3n) is 4.45. The van der Waals surface area contributed by atoms with Crippen LogP contribution in [0.25, 0.3) is 6.08 Å². The quantitative estimate of drug-likeness (QED) is 0.606. The molecule has 1 aliphatic rings. The highest BCUT2D eigenvalue weighted by Gasteiger charge is 2.32. The van der Waals surface area contributed by atoms with Gasteiger partial charge >= 0.3 is 5.97 Å². The monoisotopic (exact) mass is 440 g/mol. The van der Waals surface area contributed by atoms with Gasteiger partial charge in [0.05, 0.1) is 17.7 Å². The first kappa shape index (κ1) is 22.4. The summed E-state index contributed by atoms with van der Waals surface area (Å²) in [6, 6.07) is 14.6. The highest BCUT2D eigenvalue weighted by atomic mass is 32.2. The van der Waals surface area contributed by atoms with Crippen molar-refractivity contribution in [3.63, 3.8) is 0 Å². The molecule has 1 N–H and O–H groups in total. The summed E-state index contributed by atoms with van der Waals surface area (Å²) >= 11 is 1.33. The molecule has 0 saturated carbocycles. The van der Waals surface area contributed by atoms with Crippen molar-refractivity contribution in [3.05, 3.63) is 59.0 Å². The Morgan fingerprint density at radius 1 is 1.23 bits per heavy atom. The molecule has 2 aromatic carbocycles. The number of carbonyl (C=O) groups is 2. The number of nitrogens with zero attached hydrogens (tertiary/aromatic N) is 2. The van der Waals surface area contributed by atoms with Crippen LogP contribution in [0.5, 0.6) is 11.5 Å². The van der Waals surface area contributed by atoms with Gasteiger partial charge < -0.3 is 14.6 Å². The van der Waals surface area contributed by atoms with Gasteiger partial charge in [-0.1, -0.05) is 31.2 Å². The molecule has 1 amide bonds. The van der Waals surface area contributed by atoms with Crippen LogP contribution in [0.3, 0.4) is 0 Å². The Kier molecular flexibility index (Phi) is 7.36. The molecule has 1 atom stereocenters. The lowest BCUT2D eigenvalue weighted by Gasteiger charge is -2.14. The van der Waals surface area contributed by atoms with Gasteiger partial charge in [0.15, 0.2) is 22.8 Å². The van der Waals surface area contributed by atoms with Crippen molar-refractivity contribution in [3.8, 4) is 11.5 Å². The van der Waals surface area contributed by atoms with Crippen molar-refractivity contribution in [1.82, 2.24) is 4.90 Å². The molecule has 31 heavy (non-hydrogen) atoms. The Bertz CT molecular complexity index is 1020. The van der Waals surface area contributed by atoms with Gasteiger partial charge in [-0.05, 0) is 61.0 Å². The molecule has 0 radical (unpaired) electrons. The molecule has 1 saturated heterocycles. The Labute approximate surface area is 185 Å². The molecule has 0 bridgehead atoms. The minimum Gasteiger partial charge on any atom is -0.493 e. The molecule has 1 fully saturated rings. The van der Waals surface area contributed by atoms with Crippen molar-refractivity contribution < 1.29 is 24.2 Å². The largest absolute Gasteiger partial charge is 0.493 e. The predicted molar refractivity (Wildman–Crippen MR) is 122 cm³/mol. The summed E-state index contributed by atoms with van der Waals surface area (Å²) in [5.74, 6) is -0.451. The number of aliphatic imine (C=N–C) groups is 1. The zero-order valence-electron chi connectivity index (χ0n) is 17.6. The number of amides is 1. The molecule has 1 aliphatic heterocycles. The molecule has 0 spiro atoms. The van der Waals surface area contributed by atoms with Crippen LogP contribution in [0.15, 0.2) is 58.4 Å². The average molecular weight is 441 g/mol. The number of aliphatic carboxylic acids is 1. The van der Waals surface area contributed by atoms with Gasteiger partial charge in [0.2, 0.25) is 0 Å². The van der Waals surface area contributed by atoms with E-state index in [4.69, 9.17) is 14.6 Å². The lowest BCUT2D eigenvalue weighted by Crippen LogP contribution is -2.29. The van der Waals surface area contributed by atoms with E-state index in [-0.39, 0.29) is 5.91 Å². The van der Waals surface area contributed by atoms with E-state index in [2.05, 4.69) is 4.99 Å². The van der Waals surface area contributed by atoms with Crippen molar-refractivity contribution in [1.29, 1.82) is 0 Å². The van der Waals surface area contributed by atoms with E-state index in [1.54, 1.807) is 29.2 Å². The molecule has 0 aliphatic carbocycles. The summed E-state index contributed by atoms with van der Waals surface area (Å²) in [5.41, 5.74) is 1.52. The number of thioether (sulfide) groups is 1. The number of benzene rings is 2. The fraction of sp³-hybridized carbons (Fsp3) is 0.261. The minimum atomic E-state index is -1.07. The normalized spacial score (nSPS) is 17.3. The number of carbonyl (C=O) groups excluding carboxylic acids is 1. The second-order valence-electron chi connectivity index (χ2n) is 6.81. The van der Waals surface area contributed by atoms with Crippen LogP contribution in [0.2, 0.25) is 0 Å². The number of amidine groups is 1. The van der Waals surface area contributed by atoms with Crippen LogP contribution in [0.4, 0.5) is 5.69 Å². The van der Waals surface area contributed by atoms with Gasteiger partial charge in [-0.25, -0.2) is 9.79 Å². The summed E-state index contributed by atoms with van der Waals surface area (Å²) in [4.78, 5) is 30.9. The first-order valence-corrected chi connectivity index (χ1v) is 10.7. The highest BCUT2D eigenvalue weighted by Crippen LogP contribution is 2.36. The summed E-state index contributed by atoms with van der Waals surface area (Å²) in [6.07, 6.45) is 1.58. The molecule has 8 heteroatoms. The lowest BCUT2D eigenvalue weighted by molar-refractivity contribution is -0.144.